The third kappa shape index (κ3) is 42.3. The fourth-order valence-corrected chi connectivity index (χ4v) is 6.23. The molecule has 0 aliphatic rings. The Labute approximate surface area is 334 Å². The van der Waals surface area contributed by atoms with Gasteiger partial charge in [0.05, 0.1) is 13.0 Å². The molecule has 54 heavy (non-hydrogen) atoms. The summed E-state index contributed by atoms with van der Waals surface area (Å²) in [7, 11) is 0. The lowest BCUT2D eigenvalue weighted by molar-refractivity contribution is -0.162. The molecule has 1 unspecified atom stereocenters. The number of esters is 2. The lowest BCUT2D eigenvalue weighted by atomic mass is 10.0. The molecule has 0 N–H and O–H groups in total. The van der Waals surface area contributed by atoms with Gasteiger partial charge in [0.15, 0.2) is 6.10 Å². The topological polar surface area (TPSA) is 61.8 Å². The molecule has 0 fully saturated rings. The summed E-state index contributed by atoms with van der Waals surface area (Å²) >= 11 is 0. The summed E-state index contributed by atoms with van der Waals surface area (Å²) in [4.78, 5) is 25.0. The molecule has 0 radical (unpaired) electrons. The first-order valence-corrected chi connectivity index (χ1v) is 22.8. The van der Waals surface area contributed by atoms with Crippen molar-refractivity contribution in [3.05, 3.63) is 60.8 Å². The van der Waals surface area contributed by atoms with Gasteiger partial charge in [0.1, 0.15) is 6.61 Å². The Bertz CT molecular complexity index is 946. The minimum Gasteiger partial charge on any atom is -0.461 e. The third-order valence-corrected chi connectivity index (χ3v) is 9.60. The molecule has 0 aromatic heterocycles. The predicted molar refractivity (Wildman–Crippen MR) is 233 cm³/mol. The second kappa shape index (κ2) is 45.0. The summed E-state index contributed by atoms with van der Waals surface area (Å²) in [6.45, 7) is 7.58. The molecular formula is C49H86O5. The van der Waals surface area contributed by atoms with E-state index in [2.05, 4.69) is 69.4 Å². The molecule has 0 rings (SSSR count). The first-order chi connectivity index (χ1) is 26.6. The van der Waals surface area contributed by atoms with Crippen molar-refractivity contribution in [2.75, 3.05) is 19.8 Å². The van der Waals surface area contributed by atoms with Gasteiger partial charge in [-0.05, 0) is 44.9 Å². The summed E-state index contributed by atoms with van der Waals surface area (Å²) < 4.78 is 17.2. The van der Waals surface area contributed by atoms with Crippen LogP contribution in [0.15, 0.2) is 60.8 Å². The van der Waals surface area contributed by atoms with Crippen LogP contribution >= 0.6 is 0 Å². The number of carbonyl (C=O) groups excluding carboxylic acids is 2. The lowest BCUT2D eigenvalue weighted by Gasteiger charge is -2.18. The Morgan fingerprint density at radius 3 is 1.26 bits per heavy atom. The number of ether oxygens (including phenoxy) is 3. The molecule has 0 spiro atoms. The van der Waals surface area contributed by atoms with Crippen LogP contribution in [-0.4, -0.2) is 37.9 Å². The molecule has 0 saturated heterocycles. The van der Waals surface area contributed by atoms with Gasteiger partial charge in [-0.1, -0.05) is 216 Å². The molecule has 312 valence electrons. The highest BCUT2D eigenvalue weighted by Crippen LogP contribution is 2.14. The van der Waals surface area contributed by atoms with Crippen molar-refractivity contribution in [3.8, 4) is 0 Å². The third-order valence-electron chi connectivity index (χ3n) is 9.60. The van der Waals surface area contributed by atoms with Crippen molar-refractivity contribution < 1.29 is 23.8 Å². The Balaban J connectivity index is 4.25. The van der Waals surface area contributed by atoms with E-state index in [1.165, 1.54) is 116 Å². The smallest absolute Gasteiger partial charge is 0.309 e. The summed E-state index contributed by atoms with van der Waals surface area (Å²) in [6.07, 6.45) is 55.4. The second-order valence-corrected chi connectivity index (χ2v) is 15.0. The van der Waals surface area contributed by atoms with Crippen molar-refractivity contribution in [1.82, 2.24) is 0 Å². The molecule has 5 heteroatoms. The van der Waals surface area contributed by atoms with Crippen molar-refractivity contribution in [2.24, 2.45) is 0 Å². The molecular weight excluding hydrogens is 669 g/mol. The summed E-state index contributed by atoms with van der Waals surface area (Å²) in [5.74, 6) is -0.546. The van der Waals surface area contributed by atoms with E-state index in [0.717, 1.165) is 64.2 Å². The van der Waals surface area contributed by atoms with Crippen LogP contribution in [0.25, 0.3) is 0 Å². The molecule has 0 bridgehead atoms. The van der Waals surface area contributed by atoms with Gasteiger partial charge in [-0.3, -0.25) is 9.59 Å². The highest BCUT2D eigenvalue weighted by Gasteiger charge is 2.17. The highest BCUT2D eigenvalue weighted by molar-refractivity contribution is 5.71. The number of allylic oxidation sites excluding steroid dienone is 9. The fourth-order valence-electron chi connectivity index (χ4n) is 6.23. The van der Waals surface area contributed by atoms with E-state index in [1.54, 1.807) is 0 Å². The van der Waals surface area contributed by atoms with Crippen LogP contribution in [0, 0.1) is 0 Å². The summed E-state index contributed by atoms with van der Waals surface area (Å²) in [5.41, 5.74) is 0. The van der Waals surface area contributed by atoms with E-state index < -0.39 is 6.10 Å². The molecule has 0 heterocycles. The molecule has 1 atom stereocenters. The van der Waals surface area contributed by atoms with E-state index in [1.807, 2.05) is 12.2 Å². The molecule has 0 aliphatic heterocycles. The number of hydrogen-bond donors (Lipinski definition) is 0. The van der Waals surface area contributed by atoms with Gasteiger partial charge in [0.25, 0.3) is 0 Å². The molecule has 0 aromatic rings. The van der Waals surface area contributed by atoms with Crippen LogP contribution < -0.4 is 0 Å². The first kappa shape index (κ1) is 51.6. The Morgan fingerprint density at radius 2 is 0.815 bits per heavy atom. The number of rotatable bonds is 41. The molecule has 0 aromatic carbocycles. The van der Waals surface area contributed by atoms with E-state index in [-0.39, 0.29) is 31.6 Å². The average molecular weight is 755 g/mol. The van der Waals surface area contributed by atoms with Crippen molar-refractivity contribution >= 4 is 11.9 Å². The van der Waals surface area contributed by atoms with Gasteiger partial charge in [0, 0.05) is 13.0 Å². The van der Waals surface area contributed by atoms with Crippen LogP contribution in [0.1, 0.15) is 213 Å². The van der Waals surface area contributed by atoms with Crippen LogP contribution in [0.3, 0.4) is 0 Å². The van der Waals surface area contributed by atoms with Gasteiger partial charge in [0.2, 0.25) is 0 Å². The minimum atomic E-state index is -0.569. The molecule has 0 saturated carbocycles. The van der Waals surface area contributed by atoms with Crippen LogP contribution in [0.4, 0.5) is 0 Å². The fraction of sp³-hybridized carbons (Fsp3) is 0.755. The van der Waals surface area contributed by atoms with Gasteiger partial charge in [-0.15, -0.1) is 0 Å². The predicted octanol–water partition coefficient (Wildman–Crippen LogP) is 15.0. The van der Waals surface area contributed by atoms with E-state index >= 15 is 0 Å². The van der Waals surface area contributed by atoms with Crippen molar-refractivity contribution in [1.29, 1.82) is 0 Å². The maximum absolute atomic E-state index is 12.6. The standard InChI is InChI=1S/C49H86O5/c1-4-7-10-13-16-18-20-22-24-26-28-30-32-35-38-41-44-52-45-47(54-49(51)43-40-37-33-15-12-9-6-3)46-53-48(50)42-39-36-34-31-29-27-25-23-21-19-17-14-11-8-5-2/h8,11,17,19,23,25,29,31,36,39,47H,4-7,9-10,12-16,18,20-22,24,26-28,30,32-35,37-38,40-46H2,1-3H3/b11-8-,19-17-,25-23-,31-29-,39-36-. The normalized spacial score (nSPS) is 12.7. The SMILES string of the molecule is CC/C=C\C/C=C\C/C=C\C/C=C\C/C=C\CC(=O)OCC(COCCCCCCCCCCCCCCCCCC)OC(=O)CCCCCCCCC. The quantitative estimate of drug-likeness (QED) is 0.0353. The Morgan fingerprint density at radius 1 is 0.426 bits per heavy atom. The van der Waals surface area contributed by atoms with Gasteiger partial charge >= 0.3 is 11.9 Å². The zero-order chi connectivity index (χ0) is 39.3. The van der Waals surface area contributed by atoms with Crippen LogP contribution in [0.5, 0.6) is 0 Å². The second-order valence-electron chi connectivity index (χ2n) is 15.0. The Kier molecular flexibility index (Phi) is 43.0. The van der Waals surface area contributed by atoms with E-state index in [4.69, 9.17) is 14.2 Å². The van der Waals surface area contributed by atoms with Crippen LogP contribution in [0.2, 0.25) is 0 Å². The minimum absolute atomic E-state index is 0.0330. The number of carbonyl (C=O) groups is 2. The summed E-state index contributed by atoms with van der Waals surface area (Å²) in [6, 6.07) is 0. The largest absolute Gasteiger partial charge is 0.461 e. The lowest BCUT2D eigenvalue weighted by Crippen LogP contribution is -2.30. The molecule has 0 amide bonds. The molecule has 0 aliphatic carbocycles. The monoisotopic (exact) mass is 755 g/mol. The maximum atomic E-state index is 12.6. The number of hydrogen-bond acceptors (Lipinski definition) is 5. The zero-order valence-electron chi connectivity index (χ0n) is 35.7. The first-order valence-electron chi connectivity index (χ1n) is 22.8. The van der Waals surface area contributed by atoms with Crippen LogP contribution in [-0.2, 0) is 23.8 Å². The van der Waals surface area contributed by atoms with Gasteiger partial charge in [-0.2, -0.15) is 0 Å². The average Bonchev–Trinajstić information content (AvgIpc) is 3.17. The summed E-state index contributed by atoms with van der Waals surface area (Å²) in [5, 5.41) is 0. The zero-order valence-corrected chi connectivity index (χ0v) is 35.7. The van der Waals surface area contributed by atoms with Gasteiger partial charge in [-0.25, -0.2) is 0 Å². The number of unbranched alkanes of at least 4 members (excludes halogenated alkanes) is 21. The van der Waals surface area contributed by atoms with Crippen molar-refractivity contribution in [2.45, 2.75) is 219 Å². The maximum Gasteiger partial charge on any atom is 0.309 e. The van der Waals surface area contributed by atoms with E-state index in [9.17, 15) is 9.59 Å². The van der Waals surface area contributed by atoms with E-state index in [0.29, 0.717) is 13.0 Å². The highest BCUT2D eigenvalue weighted by atomic mass is 16.6. The van der Waals surface area contributed by atoms with Gasteiger partial charge < -0.3 is 14.2 Å². The van der Waals surface area contributed by atoms with Crippen molar-refractivity contribution in [3.63, 3.8) is 0 Å². The Hall–Kier alpha value is -2.40. The molecule has 5 nitrogen and oxygen atoms in total.